The molecule has 0 aromatic heterocycles. The summed E-state index contributed by atoms with van der Waals surface area (Å²) in [5, 5.41) is 12.0. The lowest BCUT2D eigenvalue weighted by Gasteiger charge is -2.14. The van der Waals surface area contributed by atoms with Crippen molar-refractivity contribution in [3.8, 4) is 16.9 Å². The lowest BCUT2D eigenvalue weighted by atomic mass is 9.95. The van der Waals surface area contributed by atoms with Crippen LogP contribution < -0.4 is 4.74 Å². The largest absolute Gasteiger partial charge is 0.482 e. The van der Waals surface area contributed by atoms with Crippen molar-refractivity contribution < 1.29 is 14.6 Å². The second-order valence-electron chi connectivity index (χ2n) is 6.80. The van der Waals surface area contributed by atoms with Gasteiger partial charge in [-0.05, 0) is 45.7 Å². The van der Waals surface area contributed by atoms with E-state index in [2.05, 4.69) is 24.3 Å². The summed E-state index contributed by atoms with van der Waals surface area (Å²) in [6.07, 6.45) is 0.620. The van der Waals surface area contributed by atoms with Gasteiger partial charge < -0.3 is 9.84 Å². The van der Waals surface area contributed by atoms with Crippen LogP contribution in [0.2, 0.25) is 5.02 Å². The first kappa shape index (κ1) is 19.0. The number of aliphatic carboxylic acids is 1. The van der Waals surface area contributed by atoms with E-state index in [-0.39, 0.29) is 6.61 Å². The number of hydrogen-bond acceptors (Lipinski definition) is 2. The highest BCUT2D eigenvalue weighted by Gasteiger charge is 2.12. The number of carboxylic acids is 1. The second-order valence-corrected chi connectivity index (χ2v) is 7.21. The highest BCUT2D eigenvalue weighted by Crippen LogP contribution is 2.33. The van der Waals surface area contributed by atoms with Gasteiger partial charge in [0.15, 0.2) is 6.61 Å². The first-order valence-electron chi connectivity index (χ1n) is 9.31. The quantitative estimate of drug-likeness (QED) is 0.416. The Kier molecular flexibility index (Phi) is 5.50. The maximum Gasteiger partial charge on any atom is 0.341 e. The van der Waals surface area contributed by atoms with E-state index >= 15 is 0 Å². The first-order valence-corrected chi connectivity index (χ1v) is 9.68. The van der Waals surface area contributed by atoms with Crippen molar-refractivity contribution in [1.29, 1.82) is 0 Å². The molecule has 0 bridgehead atoms. The molecule has 144 valence electrons. The summed E-state index contributed by atoms with van der Waals surface area (Å²) in [5.74, 6) is -0.438. The summed E-state index contributed by atoms with van der Waals surface area (Å²) in [7, 11) is 0. The summed E-state index contributed by atoms with van der Waals surface area (Å²) in [6, 6.07) is 27.9. The summed E-state index contributed by atoms with van der Waals surface area (Å²) in [4.78, 5) is 11.0. The van der Waals surface area contributed by atoms with Gasteiger partial charge >= 0.3 is 5.97 Å². The summed E-state index contributed by atoms with van der Waals surface area (Å²) >= 11 is 6.38. The van der Waals surface area contributed by atoms with Gasteiger partial charge in [0, 0.05) is 17.0 Å². The van der Waals surface area contributed by atoms with Crippen molar-refractivity contribution >= 4 is 28.3 Å². The van der Waals surface area contributed by atoms with Crippen molar-refractivity contribution in [2.45, 2.75) is 6.42 Å². The molecule has 0 unspecified atom stereocenters. The standard InChI is InChI=1S/C25H19ClO3/c26-23-11-4-3-10-22(23)19-12-13-24(29-16-25(27)28)20(15-19)14-18-8-5-7-17-6-1-2-9-21(17)18/h1-13,15H,14,16H2,(H,27,28). The lowest BCUT2D eigenvalue weighted by Crippen LogP contribution is -2.10. The molecule has 29 heavy (non-hydrogen) atoms. The molecule has 1 N–H and O–H groups in total. The molecule has 4 rings (SSSR count). The van der Waals surface area contributed by atoms with E-state index in [0.29, 0.717) is 17.2 Å². The minimum atomic E-state index is -1.00. The number of carbonyl (C=O) groups is 1. The van der Waals surface area contributed by atoms with E-state index in [9.17, 15) is 4.79 Å². The molecule has 0 radical (unpaired) electrons. The molecule has 4 aromatic rings. The Morgan fingerprint density at radius 1 is 0.862 bits per heavy atom. The highest BCUT2D eigenvalue weighted by atomic mass is 35.5. The number of fused-ring (bicyclic) bond motifs is 1. The van der Waals surface area contributed by atoms with E-state index in [1.165, 1.54) is 10.8 Å². The molecule has 0 saturated carbocycles. The first-order chi connectivity index (χ1) is 14.1. The zero-order valence-corrected chi connectivity index (χ0v) is 16.4. The third-order valence-electron chi connectivity index (χ3n) is 4.86. The Balaban J connectivity index is 1.79. The van der Waals surface area contributed by atoms with Crippen molar-refractivity contribution in [3.05, 3.63) is 101 Å². The van der Waals surface area contributed by atoms with Gasteiger partial charge in [-0.2, -0.15) is 0 Å². The number of hydrogen-bond donors (Lipinski definition) is 1. The van der Waals surface area contributed by atoms with E-state index in [1.54, 1.807) is 0 Å². The van der Waals surface area contributed by atoms with Gasteiger partial charge in [-0.3, -0.25) is 0 Å². The third-order valence-corrected chi connectivity index (χ3v) is 5.19. The Hall–Kier alpha value is -3.30. The van der Waals surface area contributed by atoms with Crippen LogP contribution in [0.15, 0.2) is 84.9 Å². The second kappa shape index (κ2) is 8.38. The SMILES string of the molecule is O=C(O)COc1ccc(-c2ccccc2Cl)cc1Cc1cccc2ccccc12. The molecule has 0 atom stereocenters. The monoisotopic (exact) mass is 402 g/mol. The number of halogens is 1. The maximum atomic E-state index is 11.0. The zero-order valence-electron chi connectivity index (χ0n) is 15.6. The van der Waals surface area contributed by atoms with E-state index in [4.69, 9.17) is 21.4 Å². The molecule has 0 aliphatic rings. The molecule has 3 nitrogen and oxygen atoms in total. The van der Waals surface area contributed by atoms with Crippen LogP contribution >= 0.6 is 11.6 Å². The molecule has 0 aliphatic heterocycles. The molecular formula is C25H19ClO3. The van der Waals surface area contributed by atoms with Gasteiger partial charge in [-0.15, -0.1) is 0 Å². The van der Waals surface area contributed by atoms with Crippen LogP contribution in [0, 0.1) is 0 Å². The third kappa shape index (κ3) is 4.25. The van der Waals surface area contributed by atoms with Crippen LogP contribution in [0.25, 0.3) is 21.9 Å². The molecule has 0 saturated heterocycles. The van der Waals surface area contributed by atoms with Crippen LogP contribution in [-0.4, -0.2) is 17.7 Å². The topological polar surface area (TPSA) is 46.5 Å². The Labute approximate surface area is 174 Å². The predicted molar refractivity (Wildman–Crippen MR) is 117 cm³/mol. The fraction of sp³-hybridized carbons (Fsp3) is 0.0800. The molecule has 0 heterocycles. The number of benzene rings is 4. The zero-order chi connectivity index (χ0) is 20.2. The molecule has 4 heteroatoms. The van der Waals surface area contributed by atoms with E-state index < -0.39 is 5.97 Å². The van der Waals surface area contributed by atoms with Crippen molar-refractivity contribution in [2.75, 3.05) is 6.61 Å². The van der Waals surface area contributed by atoms with Gasteiger partial charge in [0.2, 0.25) is 0 Å². The van der Waals surface area contributed by atoms with Gasteiger partial charge in [-0.1, -0.05) is 78.3 Å². The predicted octanol–water partition coefficient (Wildman–Crippen LogP) is 6.21. The molecule has 0 spiro atoms. The number of rotatable bonds is 6. The van der Waals surface area contributed by atoms with Gasteiger partial charge in [0.05, 0.1) is 0 Å². The summed E-state index contributed by atoms with van der Waals surface area (Å²) in [5.41, 5.74) is 3.96. The Morgan fingerprint density at radius 2 is 1.62 bits per heavy atom. The lowest BCUT2D eigenvalue weighted by molar-refractivity contribution is -0.139. The maximum absolute atomic E-state index is 11.0. The Morgan fingerprint density at radius 3 is 2.45 bits per heavy atom. The van der Waals surface area contributed by atoms with Crippen molar-refractivity contribution in [3.63, 3.8) is 0 Å². The normalized spacial score (nSPS) is 10.8. The average molecular weight is 403 g/mol. The fourth-order valence-electron chi connectivity index (χ4n) is 3.51. The van der Waals surface area contributed by atoms with Crippen LogP contribution in [0.5, 0.6) is 5.75 Å². The minimum Gasteiger partial charge on any atom is -0.482 e. The Bertz CT molecular complexity index is 1180. The molecule has 0 aliphatic carbocycles. The summed E-state index contributed by atoms with van der Waals surface area (Å²) < 4.78 is 5.57. The number of carboxylic acid groups (broad SMARTS) is 1. The highest BCUT2D eigenvalue weighted by molar-refractivity contribution is 6.33. The van der Waals surface area contributed by atoms with Gasteiger partial charge in [-0.25, -0.2) is 4.79 Å². The number of ether oxygens (including phenoxy) is 1. The molecular weight excluding hydrogens is 384 g/mol. The minimum absolute atomic E-state index is 0.381. The molecule has 0 amide bonds. The van der Waals surface area contributed by atoms with Crippen molar-refractivity contribution in [2.24, 2.45) is 0 Å². The molecule has 0 fully saturated rings. The van der Waals surface area contributed by atoms with E-state index in [1.807, 2.05) is 60.7 Å². The van der Waals surface area contributed by atoms with Crippen LogP contribution in [0.3, 0.4) is 0 Å². The van der Waals surface area contributed by atoms with Crippen LogP contribution in [-0.2, 0) is 11.2 Å². The smallest absolute Gasteiger partial charge is 0.341 e. The summed E-state index contributed by atoms with van der Waals surface area (Å²) in [6.45, 7) is -0.381. The van der Waals surface area contributed by atoms with Crippen LogP contribution in [0.1, 0.15) is 11.1 Å². The van der Waals surface area contributed by atoms with Crippen molar-refractivity contribution in [1.82, 2.24) is 0 Å². The van der Waals surface area contributed by atoms with Crippen LogP contribution in [0.4, 0.5) is 0 Å². The van der Waals surface area contributed by atoms with Gasteiger partial charge in [0.25, 0.3) is 0 Å². The van der Waals surface area contributed by atoms with E-state index in [0.717, 1.165) is 22.3 Å². The fourth-order valence-corrected chi connectivity index (χ4v) is 3.76. The molecule has 4 aromatic carbocycles. The van der Waals surface area contributed by atoms with Gasteiger partial charge in [0.1, 0.15) is 5.75 Å². The average Bonchev–Trinajstić information content (AvgIpc) is 2.73.